The molecule has 3 aromatic rings. The molecular formula is C21H21N5O3S. The molecule has 0 atom stereocenters. The van der Waals surface area contributed by atoms with Gasteiger partial charge in [0.05, 0.1) is 17.1 Å². The van der Waals surface area contributed by atoms with Crippen molar-refractivity contribution in [3.05, 3.63) is 78.3 Å². The van der Waals surface area contributed by atoms with E-state index in [1.54, 1.807) is 41.4 Å². The van der Waals surface area contributed by atoms with Gasteiger partial charge in [0.1, 0.15) is 0 Å². The summed E-state index contributed by atoms with van der Waals surface area (Å²) in [6.45, 7) is 0.511. The van der Waals surface area contributed by atoms with Crippen molar-refractivity contribution < 1.29 is 13.2 Å². The Morgan fingerprint density at radius 1 is 1.13 bits per heavy atom. The fraction of sp³-hybridized carbons (Fsp3) is 0.190. The van der Waals surface area contributed by atoms with Crippen molar-refractivity contribution in [2.45, 2.75) is 30.3 Å². The van der Waals surface area contributed by atoms with E-state index >= 15 is 0 Å². The molecule has 30 heavy (non-hydrogen) atoms. The quantitative estimate of drug-likeness (QED) is 0.541. The third-order valence-corrected chi connectivity index (χ3v) is 6.00. The molecule has 154 valence electrons. The number of anilines is 1. The van der Waals surface area contributed by atoms with Crippen molar-refractivity contribution in [2.24, 2.45) is 0 Å². The second kappa shape index (κ2) is 8.60. The molecule has 2 heterocycles. The van der Waals surface area contributed by atoms with Crippen LogP contribution in [0.25, 0.3) is 6.08 Å². The number of sulfonamides is 1. The average molecular weight is 423 g/mol. The van der Waals surface area contributed by atoms with Crippen LogP contribution in [0.4, 0.5) is 5.82 Å². The van der Waals surface area contributed by atoms with Gasteiger partial charge in [0.25, 0.3) is 0 Å². The van der Waals surface area contributed by atoms with E-state index in [9.17, 15) is 13.2 Å². The molecule has 8 nitrogen and oxygen atoms in total. The number of nitrogens with zero attached hydrogens (tertiary/aromatic N) is 3. The molecule has 0 unspecified atom stereocenters. The zero-order chi connectivity index (χ0) is 21.0. The maximum atomic E-state index is 12.2. The van der Waals surface area contributed by atoms with E-state index in [-0.39, 0.29) is 16.8 Å². The van der Waals surface area contributed by atoms with Crippen LogP contribution >= 0.6 is 0 Å². The molecule has 1 aliphatic carbocycles. The number of aromatic nitrogens is 3. The van der Waals surface area contributed by atoms with E-state index in [4.69, 9.17) is 0 Å². The Morgan fingerprint density at radius 3 is 2.63 bits per heavy atom. The van der Waals surface area contributed by atoms with Crippen molar-refractivity contribution in [3.8, 4) is 0 Å². The molecule has 9 heteroatoms. The highest BCUT2D eigenvalue weighted by atomic mass is 32.2. The second-order valence-corrected chi connectivity index (χ2v) is 8.72. The highest BCUT2D eigenvalue weighted by molar-refractivity contribution is 7.89. The molecule has 0 saturated heterocycles. The Morgan fingerprint density at radius 2 is 1.93 bits per heavy atom. The van der Waals surface area contributed by atoms with Gasteiger partial charge in [-0.2, -0.15) is 5.10 Å². The Balaban J connectivity index is 1.32. The number of carbonyl (C=O) groups excluding carboxylic acids is 1. The molecule has 1 aromatic carbocycles. The Bertz CT molecular complexity index is 1150. The normalized spacial score (nSPS) is 14.1. The summed E-state index contributed by atoms with van der Waals surface area (Å²) in [5, 5.41) is 7.00. The molecule has 1 fully saturated rings. The van der Waals surface area contributed by atoms with E-state index < -0.39 is 10.0 Å². The molecule has 1 aliphatic rings. The highest BCUT2D eigenvalue weighted by Crippen LogP contribution is 2.22. The van der Waals surface area contributed by atoms with Crippen molar-refractivity contribution >= 4 is 27.8 Å². The Hall–Kier alpha value is -3.30. The number of amides is 1. The van der Waals surface area contributed by atoms with Crippen LogP contribution in [-0.4, -0.2) is 35.1 Å². The van der Waals surface area contributed by atoms with Crippen LogP contribution in [0.5, 0.6) is 0 Å². The van der Waals surface area contributed by atoms with Gasteiger partial charge < -0.3 is 5.32 Å². The fourth-order valence-corrected chi connectivity index (χ4v) is 4.07. The number of carbonyl (C=O) groups is 1. The Kier molecular flexibility index (Phi) is 5.73. The molecule has 2 aromatic heterocycles. The lowest BCUT2D eigenvalue weighted by molar-refractivity contribution is -0.111. The minimum atomic E-state index is -3.47. The summed E-state index contributed by atoms with van der Waals surface area (Å²) in [5.41, 5.74) is 1.59. The van der Waals surface area contributed by atoms with Gasteiger partial charge in [0.2, 0.25) is 15.9 Å². The summed E-state index contributed by atoms with van der Waals surface area (Å²) in [4.78, 5) is 16.6. The van der Waals surface area contributed by atoms with Gasteiger partial charge in [0, 0.05) is 30.6 Å². The van der Waals surface area contributed by atoms with Crippen LogP contribution < -0.4 is 10.0 Å². The maximum absolute atomic E-state index is 12.2. The van der Waals surface area contributed by atoms with Crippen LogP contribution in [0.15, 0.2) is 71.9 Å². The summed E-state index contributed by atoms with van der Waals surface area (Å²) >= 11 is 0. The molecule has 2 N–H and O–H groups in total. The lowest BCUT2D eigenvalue weighted by Crippen LogP contribution is -2.25. The van der Waals surface area contributed by atoms with Crippen LogP contribution in [0.2, 0.25) is 0 Å². The Labute approximate surface area is 174 Å². The van der Waals surface area contributed by atoms with E-state index in [1.165, 1.54) is 18.2 Å². The number of rotatable bonds is 8. The van der Waals surface area contributed by atoms with Crippen LogP contribution in [-0.2, 0) is 21.4 Å². The highest BCUT2D eigenvalue weighted by Gasteiger charge is 2.27. The van der Waals surface area contributed by atoms with E-state index in [0.29, 0.717) is 12.4 Å². The molecule has 0 bridgehead atoms. The number of hydrogen-bond donors (Lipinski definition) is 2. The molecule has 0 spiro atoms. The van der Waals surface area contributed by atoms with Gasteiger partial charge in [-0.15, -0.1) is 0 Å². The summed E-state index contributed by atoms with van der Waals surface area (Å²) < 4.78 is 28.7. The zero-order valence-corrected chi connectivity index (χ0v) is 16.9. The predicted molar refractivity (Wildman–Crippen MR) is 113 cm³/mol. The van der Waals surface area contributed by atoms with E-state index in [1.807, 2.05) is 18.2 Å². The monoisotopic (exact) mass is 423 g/mol. The van der Waals surface area contributed by atoms with Gasteiger partial charge in [-0.1, -0.05) is 18.2 Å². The van der Waals surface area contributed by atoms with Crippen molar-refractivity contribution in [1.82, 2.24) is 19.5 Å². The summed E-state index contributed by atoms with van der Waals surface area (Å²) in [7, 11) is -3.47. The summed E-state index contributed by atoms with van der Waals surface area (Å²) in [5.74, 6) is 0.110. The third kappa shape index (κ3) is 5.40. The topological polar surface area (TPSA) is 106 Å². The first-order chi connectivity index (χ1) is 14.5. The second-order valence-electron chi connectivity index (χ2n) is 7.01. The standard InChI is InChI=1S/C21H21N5O3S/c27-21(23-20-12-14-26(24-20)15-18-3-1-2-13-22-18)11-6-16-4-9-19(10-5-16)30(28,29)25-17-7-8-17/h1-6,9-14,17,25H,7-8,15H2,(H,23,24,27)/b11-6+. The smallest absolute Gasteiger partial charge is 0.249 e. The van der Waals surface area contributed by atoms with Gasteiger partial charge in [0.15, 0.2) is 5.82 Å². The minimum absolute atomic E-state index is 0.0608. The third-order valence-electron chi connectivity index (χ3n) is 4.46. The molecule has 0 aliphatic heterocycles. The number of nitrogens with one attached hydrogen (secondary N) is 2. The van der Waals surface area contributed by atoms with Crippen LogP contribution in [0.3, 0.4) is 0 Å². The number of hydrogen-bond acceptors (Lipinski definition) is 5. The maximum Gasteiger partial charge on any atom is 0.249 e. The van der Waals surface area contributed by atoms with Crippen molar-refractivity contribution in [3.63, 3.8) is 0 Å². The molecular weight excluding hydrogens is 402 g/mol. The van der Waals surface area contributed by atoms with Gasteiger partial charge >= 0.3 is 0 Å². The number of pyridine rings is 1. The summed E-state index contributed by atoms with van der Waals surface area (Å²) in [6.07, 6.45) is 8.25. The first-order valence-corrected chi connectivity index (χ1v) is 11.0. The first kappa shape index (κ1) is 20.0. The van der Waals surface area contributed by atoms with Crippen LogP contribution in [0.1, 0.15) is 24.1 Å². The summed E-state index contributed by atoms with van der Waals surface area (Å²) in [6, 6.07) is 13.8. The molecule has 1 saturated carbocycles. The largest absolute Gasteiger partial charge is 0.306 e. The lowest BCUT2D eigenvalue weighted by atomic mass is 10.2. The fourth-order valence-electron chi connectivity index (χ4n) is 2.76. The van der Waals surface area contributed by atoms with Crippen molar-refractivity contribution in [1.29, 1.82) is 0 Å². The molecule has 0 radical (unpaired) electrons. The van der Waals surface area contributed by atoms with Crippen molar-refractivity contribution in [2.75, 3.05) is 5.32 Å². The van der Waals surface area contributed by atoms with Gasteiger partial charge in [-0.05, 0) is 48.7 Å². The number of benzene rings is 1. The average Bonchev–Trinajstić information content (AvgIpc) is 3.44. The van der Waals surface area contributed by atoms with Crippen LogP contribution in [0, 0.1) is 0 Å². The first-order valence-electron chi connectivity index (χ1n) is 9.53. The SMILES string of the molecule is O=C(/C=C/c1ccc(S(=O)(=O)NC2CC2)cc1)Nc1ccn(Cc2ccccn2)n1. The lowest BCUT2D eigenvalue weighted by Gasteiger charge is -2.05. The van der Waals surface area contributed by atoms with E-state index in [0.717, 1.165) is 24.1 Å². The zero-order valence-electron chi connectivity index (χ0n) is 16.1. The predicted octanol–water partition coefficient (Wildman–Crippen LogP) is 2.42. The minimum Gasteiger partial charge on any atom is -0.306 e. The molecule has 1 amide bonds. The molecule has 4 rings (SSSR count). The van der Waals surface area contributed by atoms with Gasteiger partial charge in [-0.3, -0.25) is 14.5 Å². The van der Waals surface area contributed by atoms with E-state index in [2.05, 4.69) is 20.1 Å². The van der Waals surface area contributed by atoms with Gasteiger partial charge in [-0.25, -0.2) is 13.1 Å².